The number of nitrogens with one attached hydrogen (secondary N) is 3. The van der Waals surface area contributed by atoms with E-state index in [2.05, 4.69) is 20.3 Å². The van der Waals surface area contributed by atoms with Gasteiger partial charge in [0.15, 0.2) is 22.6 Å². The third kappa shape index (κ3) is 5.20. The maximum absolute atomic E-state index is 13.8. The molecule has 0 radical (unpaired) electrons. The minimum absolute atomic E-state index is 0.0154. The van der Waals surface area contributed by atoms with E-state index in [1.54, 1.807) is 32.1 Å². The van der Waals surface area contributed by atoms with E-state index in [-0.39, 0.29) is 36.1 Å². The number of esters is 1. The maximum atomic E-state index is 13.8. The number of para-hydroxylation sites is 2. The van der Waals surface area contributed by atoms with Crippen molar-refractivity contribution < 1.29 is 36.8 Å². The molecule has 0 unspecified atom stereocenters. The average molecular weight is 650 g/mol. The molecule has 14 nitrogen and oxygen atoms in total. The van der Waals surface area contributed by atoms with Crippen molar-refractivity contribution in [3.63, 3.8) is 0 Å². The van der Waals surface area contributed by atoms with E-state index in [4.69, 9.17) is 13.9 Å². The van der Waals surface area contributed by atoms with Crippen LogP contribution in [0, 0.1) is 16.0 Å². The summed E-state index contributed by atoms with van der Waals surface area (Å²) >= 11 is 0. The summed E-state index contributed by atoms with van der Waals surface area (Å²) in [4.78, 5) is 41.7. The molecule has 46 heavy (non-hydrogen) atoms. The third-order valence-electron chi connectivity index (χ3n) is 8.28. The molecule has 1 saturated heterocycles. The Bertz CT molecular complexity index is 1900. The Hall–Kier alpha value is -5.02. The molecule has 3 aromatic rings. The molecule has 1 spiro atoms. The lowest BCUT2D eigenvalue weighted by Gasteiger charge is -2.26. The number of anilines is 1. The summed E-state index contributed by atoms with van der Waals surface area (Å²) in [5.41, 5.74) is -0.0676. The highest BCUT2D eigenvalue weighted by atomic mass is 32.2. The molecule has 15 heteroatoms. The predicted molar refractivity (Wildman–Crippen MR) is 163 cm³/mol. The van der Waals surface area contributed by atoms with E-state index in [9.17, 15) is 28.1 Å². The zero-order valence-corrected chi connectivity index (χ0v) is 25.9. The number of ether oxygens (including phenoxy) is 2. The zero-order chi connectivity index (χ0) is 32.8. The molecular formula is C31H31N5O9S. The molecule has 0 aliphatic carbocycles. The number of nitrogens with zero attached hydrogens (tertiary/aromatic N) is 2. The number of allylic oxidation sites excluding steroid dienone is 3. The van der Waals surface area contributed by atoms with Gasteiger partial charge < -0.3 is 24.5 Å². The molecule has 6 rings (SSSR count). The quantitative estimate of drug-likeness (QED) is 0.200. The van der Waals surface area contributed by atoms with Crippen molar-refractivity contribution in [1.82, 2.24) is 15.0 Å². The maximum Gasteiger partial charge on any atom is 0.360 e. The van der Waals surface area contributed by atoms with Gasteiger partial charge in [-0.2, -0.15) is 4.72 Å². The molecule has 1 amide bonds. The zero-order valence-electron chi connectivity index (χ0n) is 25.1. The topological polar surface area (TPSA) is 192 Å². The number of hydrogen-bond acceptors (Lipinski definition) is 11. The van der Waals surface area contributed by atoms with Crippen LogP contribution in [0.4, 0.5) is 11.4 Å². The SMILES string of the molecule is COC(=O)c1nc2oc1[C@@]13C/C(=C\C=C\C[C@H](NS(=O)(=O)c4ccccc4[N+](=O)[O-])C(=O)N[C@H]2C(C)C)O[C@@H]1Nc1ccccc13. The van der Waals surface area contributed by atoms with Crippen molar-refractivity contribution >= 4 is 33.3 Å². The summed E-state index contributed by atoms with van der Waals surface area (Å²) in [6.45, 7) is 3.60. The first kappa shape index (κ1) is 31.0. The predicted octanol–water partition coefficient (Wildman–Crippen LogP) is 3.83. The number of aromatic nitrogens is 1. The minimum atomic E-state index is -4.53. The van der Waals surface area contributed by atoms with Gasteiger partial charge in [-0.3, -0.25) is 14.9 Å². The van der Waals surface area contributed by atoms with Crippen molar-refractivity contribution in [2.45, 2.75) is 55.3 Å². The molecule has 4 atom stereocenters. The summed E-state index contributed by atoms with van der Waals surface area (Å²) in [6.07, 6.45) is 4.44. The molecule has 4 heterocycles. The summed E-state index contributed by atoms with van der Waals surface area (Å²) in [7, 11) is -3.30. The fraction of sp³-hybridized carbons (Fsp3) is 0.323. The van der Waals surface area contributed by atoms with Crippen molar-refractivity contribution in [3.8, 4) is 0 Å². The lowest BCUT2D eigenvalue weighted by molar-refractivity contribution is -0.387. The van der Waals surface area contributed by atoms with Crippen molar-refractivity contribution in [2.75, 3.05) is 12.4 Å². The summed E-state index contributed by atoms with van der Waals surface area (Å²) in [5.74, 6) is -1.06. The van der Waals surface area contributed by atoms with Crippen LogP contribution in [0.5, 0.6) is 0 Å². The van der Waals surface area contributed by atoms with Crippen molar-refractivity contribution in [1.29, 1.82) is 0 Å². The largest absolute Gasteiger partial charge is 0.474 e. The fourth-order valence-electron chi connectivity index (χ4n) is 6.07. The number of fused-ring (bicyclic) bond motifs is 4. The Labute approximate surface area is 264 Å². The highest BCUT2D eigenvalue weighted by Gasteiger charge is 2.59. The number of carbonyl (C=O) groups excluding carboxylic acids is 2. The second kappa shape index (κ2) is 11.7. The number of nitro groups is 1. The highest BCUT2D eigenvalue weighted by molar-refractivity contribution is 7.89. The Balaban J connectivity index is 1.46. The number of sulfonamides is 1. The van der Waals surface area contributed by atoms with Gasteiger partial charge in [0.25, 0.3) is 5.69 Å². The third-order valence-corrected chi connectivity index (χ3v) is 9.80. The van der Waals surface area contributed by atoms with Crippen LogP contribution in [0.1, 0.15) is 60.4 Å². The second-order valence-electron chi connectivity index (χ2n) is 11.5. The highest BCUT2D eigenvalue weighted by Crippen LogP contribution is 2.56. The lowest BCUT2D eigenvalue weighted by Crippen LogP contribution is -2.48. The van der Waals surface area contributed by atoms with Crippen molar-refractivity contribution in [3.05, 3.63) is 106 Å². The number of rotatable bonds is 6. The van der Waals surface area contributed by atoms with E-state index in [0.29, 0.717) is 5.76 Å². The van der Waals surface area contributed by atoms with Gasteiger partial charge in [0.2, 0.25) is 21.8 Å². The van der Waals surface area contributed by atoms with Gasteiger partial charge in [0.1, 0.15) is 23.3 Å². The van der Waals surface area contributed by atoms with Crippen molar-refractivity contribution in [2.24, 2.45) is 5.92 Å². The standard InChI is InChI=1S/C31H31N5O9S/c1-17(2)24-28-34-25(29(38)43-3)26(45-28)31-16-18(44-30(31)32-20-12-7-5-11-19(20)31)10-4-6-13-21(27(37)33-24)35-46(41,42)23-15-9-8-14-22(23)36(39)40/h4-12,14-15,17,21,24,30,32,35H,13,16H2,1-3H3,(H,33,37)/b6-4+,18-10+/t21-,24-,30-,31-/m0/s1. The molecule has 3 aliphatic heterocycles. The number of hydrogen-bond donors (Lipinski definition) is 3. The van der Waals surface area contributed by atoms with Gasteiger partial charge >= 0.3 is 5.97 Å². The molecule has 3 N–H and O–H groups in total. The Kier molecular flexibility index (Phi) is 7.90. The molecule has 1 aromatic heterocycles. The van der Waals surface area contributed by atoms with E-state index in [1.165, 1.54) is 19.2 Å². The van der Waals surface area contributed by atoms with Crippen LogP contribution in [0.2, 0.25) is 0 Å². The van der Waals surface area contributed by atoms with Crippen LogP contribution in [0.3, 0.4) is 0 Å². The molecular weight excluding hydrogens is 618 g/mol. The smallest absolute Gasteiger partial charge is 0.360 e. The first-order valence-corrected chi connectivity index (χ1v) is 16.0. The molecule has 1 fully saturated rings. The molecule has 3 aliphatic rings. The number of carbonyl (C=O) groups is 2. The number of oxazole rings is 1. The second-order valence-corrected chi connectivity index (χ2v) is 13.2. The first-order chi connectivity index (χ1) is 22.0. The van der Waals surface area contributed by atoms with Gasteiger partial charge in [-0.05, 0) is 36.1 Å². The minimum Gasteiger partial charge on any atom is -0.474 e. The van der Waals surface area contributed by atoms with Crippen LogP contribution < -0.4 is 15.4 Å². The van der Waals surface area contributed by atoms with Crippen LogP contribution >= 0.6 is 0 Å². The van der Waals surface area contributed by atoms with Crippen LogP contribution in [-0.4, -0.2) is 49.6 Å². The number of methoxy groups -OCH3 is 1. The Morgan fingerprint density at radius 1 is 1.17 bits per heavy atom. The van der Waals surface area contributed by atoms with Gasteiger partial charge in [-0.1, -0.05) is 56.3 Å². The van der Waals surface area contributed by atoms with Gasteiger partial charge in [0.05, 0.1) is 12.0 Å². The van der Waals surface area contributed by atoms with E-state index in [1.807, 2.05) is 24.3 Å². The van der Waals surface area contributed by atoms with Gasteiger partial charge in [0, 0.05) is 18.2 Å². The molecule has 240 valence electrons. The number of amides is 1. The molecule has 2 aromatic carbocycles. The number of nitro benzene ring substituents is 1. The van der Waals surface area contributed by atoms with E-state index in [0.717, 1.165) is 23.4 Å². The molecule has 0 saturated carbocycles. The Morgan fingerprint density at radius 3 is 2.65 bits per heavy atom. The fourth-order valence-corrected chi connectivity index (χ4v) is 7.45. The van der Waals surface area contributed by atoms with Gasteiger partial charge in [-0.15, -0.1) is 0 Å². The van der Waals surface area contributed by atoms with E-state index >= 15 is 0 Å². The van der Waals surface area contributed by atoms with Crippen LogP contribution in [-0.2, 0) is 29.7 Å². The lowest BCUT2D eigenvalue weighted by atomic mass is 9.76. The summed E-state index contributed by atoms with van der Waals surface area (Å²) in [6, 6.07) is 10.1. The van der Waals surface area contributed by atoms with E-state index < -0.39 is 61.1 Å². The van der Waals surface area contributed by atoms with Crippen LogP contribution in [0.15, 0.2) is 81.8 Å². The van der Waals surface area contributed by atoms with Crippen LogP contribution in [0.25, 0.3) is 0 Å². The monoisotopic (exact) mass is 649 g/mol. The summed E-state index contributed by atoms with van der Waals surface area (Å²) in [5, 5.41) is 17.8. The first-order valence-electron chi connectivity index (χ1n) is 14.5. The molecule has 4 bridgehead atoms. The normalized spacial score (nSPS) is 25.5. The average Bonchev–Trinajstić information content (AvgIpc) is 3.70. The summed E-state index contributed by atoms with van der Waals surface area (Å²) < 4.78 is 47.0. The Morgan fingerprint density at radius 2 is 1.91 bits per heavy atom. The number of benzene rings is 2. The van der Waals surface area contributed by atoms with Gasteiger partial charge in [-0.25, -0.2) is 18.2 Å².